The molecule has 3 rings (SSSR count). The second-order valence-electron chi connectivity index (χ2n) is 7.86. The van der Waals surface area contributed by atoms with Crippen LogP contribution in [-0.4, -0.2) is 10.7 Å². The minimum absolute atomic E-state index is 0.253. The number of aromatic hydroxyl groups is 1. The quantitative estimate of drug-likeness (QED) is 0.704. The van der Waals surface area contributed by atoms with Gasteiger partial charge in [0.05, 0.1) is 5.56 Å². The molecule has 1 aliphatic heterocycles. The van der Waals surface area contributed by atoms with Crippen LogP contribution in [0.4, 0.5) is 0 Å². The SMILES string of the molecule is CCCCCc1cc(O)c2c(c1)OC(C)(C)C1=C2CC(C)CC1. The van der Waals surface area contributed by atoms with Crippen LogP contribution in [0.1, 0.15) is 77.3 Å². The Morgan fingerprint density at radius 2 is 2.04 bits per heavy atom. The molecule has 1 aromatic carbocycles. The van der Waals surface area contributed by atoms with Gasteiger partial charge in [-0.2, -0.15) is 0 Å². The number of fused-ring (bicyclic) bond motifs is 2. The molecule has 126 valence electrons. The lowest BCUT2D eigenvalue weighted by Gasteiger charge is -2.41. The second kappa shape index (κ2) is 6.22. The maximum absolute atomic E-state index is 10.7. The highest BCUT2D eigenvalue weighted by Gasteiger charge is 2.38. The van der Waals surface area contributed by atoms with E-state index in [0.29, 0.717) is 11.7 Å². The van der Waals surface area contributed by atoms with Gasteiger partial charge in [0, 0.05) is 0 Å². The van der Waals surface area contributed by atoms with Crippen LogP contribution in [0.15, 0.2) is 17.7 Å². The summed E-state index contributed by atoms with van der Waals surface area (Å²) in [6.07, 6.45) is 7.99. The molecule has 0 saturated carbocycles. The van der Waals surface area contributed by atoms with Crippen molar-refractivity contribution in [2.24, 2.45) is 5.92 Å². The third-order valence-electron chi connectivity index (χ3n) is 5.41. The van der Waals surface area contributed by atoms with E-state index in [1.54, 1.807) is 0 Å². The number of aryl methyl sites for hydroxylation is 1. The standard InChI is InChI=1S/C21H30O2/c1-5-6-7-8-15-12-18(22)20-16-11-14(2)9-10-17(16)21(3,4)23-19(20)13-15/h12-14,22H,5-11H2,1-4H3. The van der Waals surface area contributed by atoms with Crippen LogP contribution < -0.4 is 4.74 Å². The van der Waals surface area contributed by atoms with Gasteiger partial charge in [0.2, 0.25) is 0 Å². The van der Waals surface area contributed by atoms with E-state index in [1.807, 2.05) is 6.07 Å². The minimum atomic E-state index is -0.253. The lowest BCUT2D eigenvalue weighted by Crippen LogP contribution is -2.36. The average molecular weight is 314 g/mol. The summed E-state index contributed by atoms with van der Waals surface area (Å²) in [5.74, 6) is 1.97. The molecule has 1 N–H and O–H groups in total. The molecule has 0 spiro atoms. The predicted molar refractivity (Wildman–Crippen MR) is 96.0 cm³/mol. The van der Waals surface area contributed by atoms with Crippen LogP contribution in [0.5, 0.6) is 11.5 Å². The van der Waals surface area contributed by atoms with Crippen molar-refractivity contribution >= 4 is 5.57 Å². The summed E-state index contributed by atoms with van der Waals surface area (Å²) in [4.78, 5) is 0. The summed E-state index contributed by atoms with van der Waals surface area (Å²) in [5, 5.41) is 10.7. The maximum atomic E-state index is 10.7. The number of phenols is 1. The molecule has 2 aliphatic rings. The Morgan fingerprint density at radius 1 is 1.26 bits per heavy atom. The molecule has 1 aromatic rings. The maximum Gasteiger partial charge on any atom is 0.132 e. The van der Waals surface area contributed by atoms with Crippen LogP contribution >= 0.6 is 0 Å². The van der Waals surface area contributed by atoms with Gasteiger partial charge in [-0.3, -0.25) is 0 Å². The zero-order valence-electron chi connectivity index (χ0n) is 15.0. The van der Waals surface area contributed by atoms with E-state index in [2.05, 4.69) is 33.8 Å². The molecule has 0 fully saturated rings. The Morgan fingerprint density at radius 3 is 2.78 bits per heavy atom. The van der Waals surface area contributed by atoms with Gasteiger partial charge in [0.1, 0.15) is 17.1 Å². The predicted octanol–water partition coefficient (Wildman–Crippen LogP) is 5.87. The molecular weight excluding hydrogens is 284 g/mol. The molecule has 1 aliphatic carbocycles. The van der Waals surface area contributed by atoms with Gasteiger partial charge < -0.3 is 9.84 Å². The Hall–Kier alpha value is -1.44. The first-order valence-corrected chi connectivity index (χ1v) is 9.20. The molecule has 0 saturated heterocycles. The molecular formula is C21H30O2. The van der Waals surface area contributed by atoms with Crippen LogP contribution in [-0.2, 0) is 6.42 Å². The van der Waals surface area contributed by atoms with Crippen molar-refractivity contribution in [3.8, 4) is 11.5 Å². The highest BCUT2D eigenvalue weighted by molar-refractivity contribution is 5.81. The number of hydrogen-bond acceptors (Lipinski definition) is 2. The van der Waals surface area contributed by atoms with Gasteiger partial charge in [0.15, 0.2) is 0 Å². The largest absolute Gasteiger partial charge is 0.507 e. The monoisotopic (exact) mass is 314 g/mol. The number of benzene rings is 1. The summed E-state index contributed by atoms with van der Waals surface area (Å²) in [6, 6.07) is 4.12. The van der Waals surface area contributed by atoms with E-state index in [-0.39, 0.29) is 5.60 Å². The molecule has 1 atom stereocenters. The first kappa shape index (κ1) is 16.4. The minimum Gasteiger partial charge on any atom is -0.507 e. The van der Waals surface area contributed by atoms with Gasteiger partial charge in [0.25, 0.3) is 0 Å². The van der Waals surface area contributed by atoms with Crippen molar-refractivity contribution in [3.05, 3.63) is 28.8 Å². The van der Waals surface area contributed by atoms with E-state index >= 15 is 0 Å². The molecule has 1 unspecified atom stereocenters. The average Bonchev–Trinajstić information content (AvgIpc) is 2.46. The summed E-state index contributed by atoms with van der Waals surface area (Å²) in [7, 11) is 0. The third kappa shape index (κ3) is 3.13. The molecule has 0 amide bonds. The Kier molecular flexibility index (Phi) is 4.44. The van der Waals surface area contributed by atoms with Crippen molar-refractivity contribution in [2.75, 3.05) is 0 Å². The normalized spacial score (nSPS) is 22.3. The first-order chi connectivity index (χ1) is 10.9. The number of ether oxygens (including phenoxy) is 1. The van der Waals surface area contributed by atoms with E-state index in [0.717, 1.165) is 30.6 Å². The van der Waals surface area contributed by atoms with Gasteiger partial charge in [-0.25, -0.2) is 0 Å². The van der Waals surface area contributed by atoms with Crippen molar-refractivity contribution in [2.45, 2.75) is 78.2 Å². The summed E-state index contributed by atoms with van der Waals surface area (Å²) < 4.78 is 6.33. The molecule has 2 nitrogen and oxygen atoms in total. The van der Waals surface area contributed by atoms with Gasteiger partial charge in [-0.05, 0) is 80.7 Å². The van der Waals surface area contributed by atoms with Crippen molar-refractivity contribution < 1.29 is 9.84 Å². The van der Waals surface area contributed by atoms with E-state index in [4.69, 9.17) is 4.74 Å². The van der Waals surface area contributed by atoms with Crippen LogP contribution in [0.25, 0.3) is 5.57 Å². The van der Waals surface area contributed by atoms with Crippen LogP contribution in [0.2, 0.25) is 0 Å². The molecule has 0 bridgehead atoms. The second-order valence-corrected chi connectivity index (χ2v) is 7.86. The van der Waals surface area contributed by atoms with Gasteiger partial charge >= 0.3 is 0 Å². The Labute approximate surface area is 140 Å². The van der Waals surface area contributed by atoms with Crippen LogP contribution in [0.3, 0.4) is 0 Å². The van der Waals surface area contributed by atoms with E-state index in [9.17, 15) is 5.11 Å². The molecule has 0 aromatic heterocycles. The topological polar surface area (TPSA) is 29.5 Å². The fourth-order valence-corrected chi connectivity index (χ4v) is 4.13. The number of allylic oxidation sites excluding steroid dienone is 1. The molecule has 1 heterocycles. The van der Waals surface area contributed by atoms with Crippen molar-refractivity contribution in [1.82, 2.24) is 0 Å². The Balaban J connectivity index is 2.01. The lowest BCUT2D eigenvalue weighted by molar-refractivity contribution is 0.135. The number of rotatable bonds is 4. The summed E-state index contributed by atoms with van der Waals surface area (Å²) >= 11 is 0. The van der Waals surface area contributed by atoms with Crippen LogP contribution in [0, 0.1) is 5.92 Å². The number of hydrogen-bond donors (Lipinski definition) is 1. The van der Waals surface area contributed by atoms with E-state index < -0.39 is 0 Å². The molecule has 2 heteroatoms. The number of unbranched alkanes of at least 4 members (excludes halogenated alkanes) is 2. The smallest absolute Gasteiger partial charge is 0.132 e. The zero-order chi connectivity index (χ0) is 16.6. The Bertz CT molecular complexity index is 625. The summed E-state index contributed by atoms with van der Waals surface area (Å²) in [5.41, 5.74) is 4.63. The van der Waals surface area contributed by atoms with Crippen molar-refractivity contribution in [3.63, 3.8) is 0 Å². The van der Waals surface area contributed by atoms with Gasteiger partial charge in [-0.15, -0.1) is 0 Å². The third-order valence-corrected chi connectivity index (χ3v) is 5.41. The molecule has 0 radical (unpaired) electrons. The fourth-order valence-electron chi connectivity index (χ4n) is 4.13. The lowest BCUT2D eigenvalue weighted by atomic mass is 9.74. The highest BCUT2D eigenvalue weighted by Crippen LogP contribution is 2.51. The summed E-state index contributed by atoms with van der Waals surface area (Å²) in [6.45, 7) is 8.86. The first-order valence-electron chi connectivity index (χ1n) is 9.20. The zero-order valence-corrected chi connectivity index (χ0v) is 15.0. The van der Waals surface area contributed by atoms with Crippen molar-refractivity contribution in [1.29, 1.82) is 0 Å². The molecule has 23 heavy (non-hydrogen) atoms. The van der Waals surface area contributed by atoms with E-state index in [1.165, 1.54) is 42.4 Å². The van der Waals surface area contributed by atoms with Gasteiger partial charge in [-0.1, -0.05) is 26.7 Å². The number of phenolic OH excluding ortho intramolecular Hbond substituents is 1. The fraction of sp³-hybridized carbons (Fsp3) is 0.619. The highest BCUT2D eigenvalue weighted by atomic mass is 16.5.